The van der Waals surface area contributed by atoms with Gasteiger partial charge in [0.15, 0.2) is 0 Å². The van der Waals surface area contributed by atoms with Crippen molar-refractivity contribution >= 4 is 27.9 Å². The summed E-state index contributed by atoms with van der Waals surface area (Å²) in [5, 5.41) is 2.31. The van der Waals surface area contributed by atoms with Crippen molar-refractivity contribution in [3.05, 3.63) is 42.1 Å². The summed E-state index contributed by atoms with van der Waals surface area (Å²) < 4.78 is 32.2. The predicted molar refractivity (Wildman–Crippen MR) is 89.1 cm³/mol. The number of para-hydroxylation sites is 1. The summed E-state index contributed by atoms with van der Waals surface area (Å²) in [6.45, 7) is 1.69. The topological polar surface area (TPSA) is 114 Å². The number of nitrogens with zero attached hydrogens (tertiary/aromatic N) is 3. The van der Waals surface area contributed by atoms with E-state index < -0.39 is 16.2 Å². The van der Waals surface area contributed by atoms with Gasteiger partial charge >= 0.3 is 16.2 Å². The summed E-state index contributed by atoms with van der Waals surface area (Å²) >= 11 is 0. The Labute approximate surface area is 139 Å². The minimum atomic E-state index is -4.07. The zero-order valence-electron chi connectivity index (χ0n) is 13.3. The van der Waals surface area contributed by atoms with Crippen molar-refractivity contribution in [2.45, 2.75) is 6.92 Å². The van der Waals surface area contributed by atoms with Gasteiger partial charge in [0, 0.05) is 18.8 Å². The Bertz CT molecular complexity index is 826. The molecule has 0 spiro atoms. The molecule has 1 heterocycles. The normalized spacial score (nSPS) is 10.8. The van der Waals surface area contributed by atoms with Crippen LogP contribution in [0, 0.1) is 6.92 Å². The average Bonchev–Trinajstić information content (AvgIpc) is 2.54. The highest BCUT2D eigenvalue weighted by molar-refractivity contribution is 7.90. The Morgan fingerprint density at radius 1 is 1.21 bits per heavy atom. The van der Waals surface area contributed by atoms with Crippen LogP contribution in [0.2, 0.25) is 0 Å². The summed E-state index contributed by atoms with van der Waals surface area (Å²) in [5.74, 6) is 0.198. The maximum absolute atomic E-state index is 12.2. The highest BCUT2D eigenvalue weighted by atomic mass is 32.2. The van der Waals surface area contributed by atoms with Gasteiger partial charge < -0.3 is 4.74 Å². The van der Waals surface area contributed by atoms with Crippen molar-refractivity contribution in [1.82, 2.24) is 14.3 Å². The van der Waals surface area contributed by atoms with Gasteiger partial charge in [0.1, 0.15) is 0 Å². The van der Waals surface area contributed by atoms with Crippen LogP contribution in [0.4, 0.5) is 16.4 Å². The van der Waals surface area contributed by atoms with Crippen LogP contribution in [0.5, 0.6) is 5.88 Å². The molecular formula is C14H17N5O4S. The molecule has 2 amide bonds. The molecule has 0 aliphatic heterocycles. The molecule has 1 aromatic carbocycles. The van der Waals surface area contributed by atoms with Crippen LogP contribution in [-0.2, 0) is 10.2 Å². The van der Waals surface area contributed by atoms with E-state index in [1.165, 1.54) is 7.11 Å². The maximum Gasteiger partial charge on any atom is 0.339 e. The zero-order chi connectivity index (χ0) is 17.7. The van der Waals surface area contributed by atoms with Crippen molar-refractivity contribution in [1.29, 1.82) is 0 Å². The molecule has 0 fully saturated rings. The Kier molecular flexibility index (Phi) is 5.19. The molecule has 0 radical (unpaired) electrons. The first kappa shape index (κ1) is 17.5. The Morgan fingerprint density at radius 3 is 2.50 bits per heavy atom. The van der Waals surface area contributed by atoms with Crippen LogP contribution in [0.15, 0.2) is 36.4 Å². The first-order chi connectivity index (χ1) is 11.3. The summed E-state index contributed by atoms with van der Waals surface area (Å²) in [6.07, 6.45) is 0. The van der Waals surface area contributed by atoms with Gasteiger partial charge in [0.05, 0.1) is 12.8 Å². The number of aryl methyl sites for hydroxylation is 1. The molecule has 2 N–H and O–H groups in total. The number of benzene rings is 1. The van der Waals surface area contributed by atoms with E-state index in [-0.39, 0.29) is 11.8 Å². The van der Waals surface area contributed by atoms with Crippen LogP contribution in [-0.4, -0.2) is 42.9 Å². The van der Waals surface area contributed by atoms with Gasteiger partial charge in [0.25, 0.3) is 0 Å². The fraction of sp³-hybridized carbons (Fsp3) is 0.214. The number of nitrogens with one attached hydrogen (secondary N) is 2. The number of urea groups is 1. The lowest BCUT2D eigenvalue weighted by Gasteiger charge is -2.18. The first-order valence-electron chi connectivity index (χ1n) is 6.84. The number of methoxy groups -OCH3 is 1. The Balaban J connectivity index is 2.12. The van der Waals surface area contributed by atoms with Gasteiger partial charge in [0.2, 0.25) is 11.8 Å². The summed E-state index contributed by atoms with van der Waals surface area (Å²) in [7, 11) is -1.53. The summed E-state index contributed by atoms with van der Waals surface area (Å²) in [6, 6.07) is 8.89. The van der Waals surface area contributed by atoms with E-state index in [2.05, 4.69) is 20.0 Å². The number of anilines is 2. The molecule has 0 atom stereocenters. The second kappa shape index (κ2) is 7.13. The minimum Gasteiger partial charge on any atom is -0.481 e. The number of amides is 2. The van der Waals surface area contributed by atoms with Gasteiger partial charge in [-0.25, -0.2) is 14.1 Å². The molecule has 0 unspecified atom stereocenters. The van der Waals surface area contributed by atoms with Crippen LogP contribution >= 0.6 is 0 Å². The standard InChI is InChI=1S/C14H17N5O4S/c1-10-9-12(23-3)16-13(15-10)17-14(20)19(2)24(21,22)18-11-7-5-4-6-8-11/h4-9,18H,1-3H3,(H,15,16,17,20). The smallest absolute Gasteiger partial charge is 0.339 e. The lowest BCUT2D eigenvalue weighted by Crippen LogP contribution is -2.40. The summed E-state index contributed by atoms with van der Waals surface area (Å²) in [4.78, 5) is 20.1. The molecule has 1 aromatic heterocycles. The molecule has 10 heteroatoms. The second-order valence-corrected chi connectivity index (χ2v) is 6.45. The average molecular weight is 351 g/mol. The van der Waals surface area contributed by atoms with Gasteiger partial charge in [-0.15, -0.1) is 0 Å². The molecule has 2 rings (SSSR count). The summed E-state index contributed by atoms with van der Waals surface area (Å²) in [5.41, 5.74) is 0.899. The maximum atomic E-state index is 12.2. The molecule has 0 aliphatic rings. The van der Waals surface area contributed by atoms with E-state index in [0.29, 0.717) is 15.7 Å². The van der Waals surface area contributed by atoms with Crippen molar-refractivity contribution in [2.24, 2.45) is 0 Å². The lowest BCUT2D eigenvalue weighted by atomic mass is 10.3. The van der Waals surface area contributed by atoms with E-state index in [1.807, 2.05) is 0 Å². The molecule has 0 saturated carbocycles. The van der Waals surface area contributed by atoms with Crippen LogP contribution in [0.3, 0.4) is 0 Å². The molecule has 0 saturated heterocycles. The molecular weight excluding hydrogens is 334 g/mol. The van der Waals surface area contributed by atoms with E-state index >= 15 is 0 Å². The van der Waals surface area contributed by atoms with E-state index in [1.54, 1.807) is 43.3 Å². The minimum absolute atomic E-state index is 0.0568. The van der Waals surface area contributed by atoms with Crippen LogP contribution in [0.1, 0.15) is 5.69 Å². The molecule has 128 valence electrons. The van der Waals surface area contributed by atoms with Crippen molar-refractivity contribution in [3.63, 3.8) is 0 Å². The first-order valence-corrected chi connectivity index (χ1v) is 8.28. The Morgan fingerprint density at radius 2 is 1.88 bits per heavy atom. The number of hydrogen-bond acceptors (Lipinski definition) is 6. The molecule has 9 nitrogen and oxygen atoms in total. The van der Waals surface area contributed by atoms with Crippen LogP contribution in [0.25, 0.3) is 0 Å². The number of carbonyl (C=O) groups is 1. The third-order valence-electron chi connectivity index (χ3n) is 2.93. The van der Waals surface area contributed by atoms with Gasteiger partial charge in [-0.2, -0.15) is 13.4 Å². The number of hydrogen-bond donors (Lipinski definition) is 2. The fourth-order valence-electron chi connectivity index (χ4n) is 1.71. The third kappa shape index (κ3) is 4.32. The van der Waals surface area contributed by atoms with Crippen molar-refractivity contribution in [2.75, 3.05) is 24.2 Å². The van der Waals surface area contributed by atoms with Crippen LogP contribution < -0.4 is 14.8 Å². The van der Waals surface area contributed by atoms with Crippen molar-refractivity contribution in [3.8, 4) is 5.88 Å². The number of ether oxygens (including phenoxy) is 1. The molecule has 2 aromatic rings. The van der Waals surface area contributed by atoms with E-state index in [9.17, 15) is 13.2 Å². The highest BCUT2D eigenvalue weighted by Crippen LogP contribution is 2.13. The SMILES string of the molecule is COc1cc(C)nc(NC(=O)N(C)S(=O)(=O)Nc2ccccc2)n1. The number of rotatable bonds is 5. The molecule has 0 bridgehead atoms. The molecule has 24 heavy (non-hydrogen) atoms. The zero-order valence-corrected chi connectivity index (χ0v) is 14.2. The number of carbonyl (C=O) groups excluding carboxylic acids is 1. The monoisotopic (exact) mass is 351 g/mol. The predicted octanol–water partition coefficient (Wildman–Crippen LogP) is 1.61. The molecule has 0 aliphatic carbocycles. The van der Waals surface area contributed by atoms with E-state index in [4.69, 9.17) is 4.74 Å². The lowest BCUT2D eigenvalue weighted by molar-refractivity contribution is 0.240. The fourth-order valence-corrected chi connectivity index (χ4v) is 2.54. The van der Waals surface area contributed by atoms with Gasteiger partial charge in [-0.3, -0.25) is 10.0 Å². The highest BCUT2D eigenvalue weighted by Gasteiger charge is 2.24. The van der Waals surface area contributed by atoms with E-state index in [0.717, 1.165) is 7.05 Å². The van der Waals surface area contributed by atoms with Gasteiger partial charge in [-0.05, 0) is 19.1 Å². The van der Waals surface area contributed by atoms with Crippen molar-refractivity contribution < 1.29 is 17.9 Å². The number of aromatic nitrogens is 2. The third-order valence-corrected chi connectivity index (χ3v) is 4.31. The Hall–Kier alpha value is -2.88. The second-order valence-electron chi connectivity index (χ2n) is 4.75. The van der Waals surface area contributed by atoms with Gasteiger partial charge in [-0.1, -0.05) is 18.2 Å². The quantitative estimate of drug-likeness (QED) is 0.846. The largest absolute Gasteiger partial charge is 0.481 e.